The summed E-state index contributed by atoms with van der Waals surface area (Å²) in [6.45, 7) is 3.38. The molecule has 1 aliphatic carbocycles. The van der Waals surface area contributed by atoms with E-state index in [9.17, 15) is 27.6 Å². The number of piperidine rings is 1. The van der Waals surface area contributed by atoms with E-state index in [-0.39, 0.29) is 29.2 Å². The molecular formula is C30H32Cl2F3N3O3. The van der Waals surface area contributed by atoms with E-state index < -0.39 is 40.0 Å². The van der Waals surface area contributed by atoms with Gasteiger partial charge in [-0.2, -0.15) is 13.2 Å². The number of nitrogens with zero attached hydrogens (tertiary/aromatic N) is 2. The first kappa shape index (κ1) is 29.9. The Hall–Kier alpha value is -2.62. The summed E-state index contributed by atoms with van der Waals surface area (Å²) < 4.78 is 40.8. The van der Waals surface area contributed by atoms with Crippen LogP contribution in [0.25, 0.3) is 0 Å². The number of hydrogen-bond donors (Lipinski definition) is 1. The number of ketones is 1. The van der Waals surface area contributed by atoms with Crippen molar-refractivity contribution in [2.45, 2.75) is 50.2 Å². The number of carbonyl (C=O) groups excluding carboxylic acids is 3. The number of likely N-dealkylation sites (tertiary alicyclic amines) is 1. The Morgan fingerprint density at radius 1 is 1.02 bits per heavy atom. The number of alkyl halides is 3. The quantitative estimate of drug-likeness (QED) is 0.448. The molecule has 2 aromatic carbocycles. The summed E-state index contributed by atoms with van der Waals surface area (Å²) in [5.41, 5.74) is -2.21. The molecule has 2 amide bonds. The smallest absolute Gasteiger partial charge is 0.342 e. The minimum atomic E-state index is -4.75. The molecule has 2 aliphatic heterocycles. The van der Waals surface area contributed by atoms with Crippen LogP contribution in [0.3, 0.4) is 0 Å². The van der Waals surface area contributed by atoms with E-state index in [1.54, 1.807) is 12.1 Å². The van der Waals surface area contributed by atoms with Gasteiger partial charge in [-0.25, -0.2) is 0 Å². The van der Waals surface area contributed by atoms with E-state index in [2.05, 4.69) is 5.32 Å². The van der Waals surface area contributed by atoms with Crippen LogP contribution in [0.5, 0.6) is 0 Å². The van der Waals surface area contributed by atoms with Crippen LogP contribution in [-0.2, 0) is 15.8 Å². The van der Waals surface area contributed by atoms with E-state index in [4.69, 9.17) is 23.2 Å². The predicted octanol–water partition coefficient (Wildman–Crippen LogP) is 5.82. The van der Waals surface area contributed by atoms with Gasteiger partial charge in [-0.15, -0.1) is 0 Å². The van der Waals surface area contributed by atoms with Gasteiger partial charge in [-0.3, -0.25) is 14.4 Å². The first-order valence-electron chi connectivity index (χ1n) is 13.7. The van der Waals surface area contributed by atoms with Gasteiger partial charge < -0.3 is 15.1 Å². The number of carbonyl (C=O) groups is 3. The van der Waals surface area contributed by atoms with E-state index in [1.165, 1.54) is 18.0 Å². The topological polar surface area (TPSA) is 69.7 Å². The van der Waals surface area contributed by atoms with Crippen molar-refractivity contribution in [2.24, 2.45) is 11.3 Å². The lowest BCUT2D eigenvalue weighted by Crippen LogP contribution is -2.62. The van der Waals surface area contributed by atoms with Crippen LogP contribution in [-0.4, -0.2) is 66.2 Å². The lowest BCUT2D eigenvalue weighted by molar-refractivity contribution is -0.142. The fourth-order valence-corrected chi connectivity index (χ4v) is 6.65. The molecule has 220 valence electrons. The Kier molecular flexibility index (Phi) is 7.94. The van der Waals surface area contributed by atoms with Gasteiger partial charge >= 0.3 is 6.18 Å². The third kappa shape index (κ3) is 5.48. The van der Waals surface area contributed by atoms with Crippen LogP contribution in [0, 0.1) is 11.3 Å². The van der Waals surface area contributed by atoms with Crippen LogP contribution in [0.4, 0.5) is 13.2 Å². The molecule has 5 rings (SSSR count). The van der Waals surface area contributed by atoms with Crippen LogP contribution in [0.1, 0.15) is 60.0 Å². The van der Waals surface area contributed by atoms with E-state index >= 15 is 0 Å². The Balaban J connectivity index is 1.49. The highest BCUT2D eigenvalue weighted by molar-refractivity contribution is 6.31. The summed E-state index contributed by atoms with van der Waals surface area (Å²) in [7, 11) is 1.48. The third-order valence-corrected chi connectivity index (χ3v) is 9.69. The Morgan fingerprint density at radius 2 is 1.66 bits per heavy atom. The van der Waals surface area contributed by atoms with Gasteiger partial charge in [-0.05, 0) is 61.6 Å². The number of hydrogen-bond acceptors (Lipinski definition) is 4. The molecule has 0 bridgehead atoms. The minimum absolute atomic E-state index is 0.121. The van der Waals surface area contributed by atoms with Gasteiger partial charge in [0.2, 0.25) is 5.91 Å². The van der Waals surface area contributed by atoms with Crippen molar-refractivity contribution in [3.63, 3.8) is 0 Å². The molecule has 0 radical (unpaired) electrons. The van der Waals surface area contributed by atoms with Crippen molar-refractivity contribution < 1.29 is 27.6 Å². The summed E-state index contributed by atoms with van der Waals surface area (Å²) >= 11 is 11.9. The molecule has 6 nitrogen and oxygen atoms in total. The zero-order chi connectivity index (χ0) is 29.7. The number of nitrogens with one attached hydrogen (secondary N) is 1. The number of Topliss-reactive ketones (excluding diaryl/α,β-unsaturated/α-hetero) is 1. The maximum Gasteiger partial charge on any atom is 0.417 e. The first-order chi connectivity index (χ1) is 19.3. The second-order valence-electron chi connectivity index (χ2n) is 11.7. The molecule has 41 heavy (non-hydrogen) atoms. The van der Waals surface area contributed by atoms with Crippen LogP contribution < -0.4 is 5.32 Å². The molecule has 3 aliphatic rings. The third-order valence-electron chi connectivity index (χ3n) is 9.11. The first-order valence-corrected chi connectivity index (χ1v) is 14.5. The zero-order valence-corrected chi connectivity index (χ0v) is 24.4. The van der Waals surface area contributed by atoms with Gasteiger partial charge in [0, 0.05) is 61.1 Å². The SMILES string of the molecule is CN(C(=O)c1ccc(Cl)c(C(F)(F)F)c1)[C@@]1(C(=O)C2CCN(C(=O)C3(C)CC3)CC2)CNC[C@@H]1c1ccc(Cl)cc1. The average Bonchev–Trinajstić information content (AvgIpc) is 3.55. The Bertz CT molecular complexity index is 1350. The second kappa shape index (κ2) is 10.9. The van der Waals surface area contributed by atoms with Gasteiger partial charge in [0.25, 0.3) is 5.91 Å². The molecule has 11 heteroatoms. The number of amides is 2. The lowest BCUT2D eigenvalue weighted by atomic mass is 9.71. The molecule has 0 unspecified atom stereocenters. The van der Waals surface area contributed by atoms with Crippen molar-refractivity contribution in [1.29, 1.82) is 0 Å². The lowest BCUT2D eigenvalue weighted by Gasteiger charge is -2.45. The van der Waals surface area contributed by atoms with Crippen LogP contribution in [0.2, 0.25) is 10.0 Å². The van der Waals surface area contributed by atoms with Crippen molar-refractivity contribution in [3.05, 3.63) is 69.2 Å². The van der Waals surface area contributed by atoms with Crippen molar-refractivity contribution in [1.82, 2.24) is 15.1 Å². The number of rotatable bonds is 6. The molecule has 0 spiro atoms. The summed E-state index contributed by atoms with van der Waals surface area (Å²) in [5, 5.41) is 3.28. The van der Waals surface area contributed by atoms with Gasteiger partial charge in [0.05, 0.1) is 10.6 Å². The standard InChI is InChI=1S/C30H32Cl2F3N3O3/c1-28(11-12-28)27(41)38-13-9-19(10-14-38)25(39)29(17-36-16-23(29)18-3-6-21(31)7-4-18)37(2)26(40)20-5-8-24(32)22(15-20)30(33,34)35/h3-8,15,19,23,36H,9-14,16-17H2,1-2H3/t23-,29+/m1/s1. The highest BCUT2D eigenvalue weighted by Gasteiger charge is 2.56. The van der Waals surface area contributed by atoms with Crippen LogP contribution >= 0.6 is 23.2 Å². The van der Waals surface area contributed by atoms with Crippen molar-refractivity contribution in [3.8, 4) is 0 Å². The molecule has 1 saturated carbocycles. The summed E-state index contributed by atoms with van der Waals surface area (Å²) in [6.07, 6.45) is -2.09. The molecule has 3 fully saturated rings. The number of likely N-dealkylation sites (N-methyl/N-ethyl adjacent to an activating group) is 1. The maximum atomic E-state index is 14.6. The Morgan fingerprint density at radius 3 is 2.24 bits per heavy atom. The zero-order valence-electron chi connectivity index (χ0n) is 22.9. The molecule has 2 atom stereocenters. The van der Waals surface area contributed by atoms with Crippen molar-refractivity contribution >= 4 is 40.8 Å². The molecular weight excluding hydrogens is 578 g/mol. The average molecular weight is 611 g/mol. The predicted molar refractivity (Wildman–Crippen MR) is 150 cm³/mol. The molecule has 1 N–H and O–H groups in total. The van der Waals surface area contributed by atoms with E-state index in [1.807, 2.05) is 24.0 Å². The highest BCUT2D eigenvalue weighted by Crippen LogP contribution is 2.47. The number of benzene rings is 2. The minimum Gasteiger partial charge on any atom is -0.342 e. The highest BCUT2D eigenvalue weighted by atomic mass is 35.5. The van der Waals surface area contributed by atoms with E-state index in [0.29, 0.717) is 37.5 Å². The van der Waals surface area contributed by atoms with Gasteiger partial charge in [0.15, 0.2) is 5.78 Å². The Labute approximate surface area is 247 Å². The maximum absolute atomic E-state index is 14.6. The van der Waals surface area contributed by atoms with Gasteiger partial charge in [0.1, 0.15) is 5.54 Å². The monoisotopic (exact) mass is 609 g/mol. The van der Waals surface area contributed by atoms with E-state index in [0.717, 1.165) is 30.5 Å². The molecule has 2 heterocycles. The second-order valence-corrected chi connectivity index (χ2v) is 12.6. The molecule has 2 aromatic rings. The molecule has 0 aromatic heterocycles. The largest absolute Gasteiger partial charge is 0.417 e. The fourth-order valence-electron chi connectivity index (χ4n) is 6.30. The molecule has 2 saturated heterocycles. The summed E-state index contributed by atoms with van der Waals surface area (Å²) in [4.78, 5) is 44.4. The number of halogens is 5. The van der Waals surface area contributed by atoms with Gasteiger partial charge in [-0.1, -0.05) is 42.3 Å². The summed E-state index contributed by atoms with van der Waals surface area (Å²) in [6, 6.07) is 10.1. The fraction of sp³-hybridized carbons (Fsp3) is 0.500. The van der Waals surface area contributed by atoms with Crippen molar-refractivity contribution in [2.75, 3.05) is 33.2 Å². The van der Waals surface area contributed by atoms with Crippen LogP contribution in [0.15, 0.2) is 42.5 Å². The normalized spacial score (nSPS) is 24.3. The summed E-state index contributed by atoms with van der Waals surface area (Å²) in [5.74, 6) is -1.65.